The Hall–Kier alpha value is -2.18. The van der Waals surface area contributed by atoms with Crippen LogP contribution in [-0.2, 0) is 4.79 Å². The zero-order valence-corrected chi connectivity index (χ0v) is 11.4. The highest BCUT2D eigenvalue weighted by Crippen LogP contribution is 2.13. The van der Waals surface area contributed by atoms with Crippen LogP contribution in [-0.4, -0.2) is 34.6 Å². The lowest BCUT2D eigenvalue weighted by atomic mass is 10.2. The van der Waals surface area contributed by atoms with E-state index in [1.54, 1.807) is 0 Å². The molecule has 0 spiro atoms. The van der Waals surface area contributed by atoms with Crippen LogP contribution in [0.1, 0.15) is 37.0 Å². The maximum absolute atomic E-state index is 12.9. The molecule has 6 nitrogen and oxygen atoms in total. The summed E-state index contributed by atoms with van der Waals surface area (Å²) >= 11 is 0. The fourth-order valence-electron chi connectivity index (χ4n) is 1.49. The Bertz CT molecular complexity index is 494. The van der Waals surface area contributed by atoms with E-state index in [9.17, 15) is 14.0 Å². The van der Waals surface area contributed by atoms with Crippen LogP contribution in [0, 0.1) is 5.82 Å². The molecule has 0 fully saturated rings. The van der Waals surface area contributed by atoms with Gasteiger partial charge in [0.05, 0.1) is 6.20 Å². The molecule has 1 aromatic rings. The Balaban J connectivity index is 2.54. The number of aromatic nitrogens is 1. The molecular formula is C13H18FN3O3. The summed E-state index contributed by atoms with van der Waals surface area (Å²) in [5.41, 5.74) is -0.257. The first-order valence-electron chi connectivity index (χ1n) is 6.36. The Morgan fingerprint density at radius 3 is 2.80 bits per heavy atom. The first-order chi connectivity index (χ1) is 9.43. The number of pyridine rings is 1. The van der Waals surface area contributed by atoms with Crippen molar-refractivity contribution in [2.24, 2.45) is 0 Å². The number of amides is 1. The van der Waals surface area contributed by atoms with Gasteiger partial charge in [-0.2, -0.15) is 0 Å². The molecule has 7 heteroatoms. The Morgan fingerprint density at radius 1 is 1.50 bits per heavy atom. The first-order valence-corrected chi connectivity index (χ1v) is 6.36. The molecule has 1 heterocycles. The predicted octanol–water partition coefficient (Wildman–Crippen LogP) is 1.64. The molecule has 0 saturated heterocycles. The SMILES string of the molecule is CCC(C)NC(=O)CCNc1ncc(F)cc1C(=O)O. The summed E-state index contributed by atoms with van der Waals surface area (Å²) in [6.45, 7) is 4.08. The van der Waals surface area contributed by atoms with Gasteiger partial charge in [0.1, 0.15) is 17.2 Å². The number of hydrogen-bond acceptors (Lipinski definition) is 4. The standard InChI is InChI=1S/C13H18FN3O3/c1-3-8(2)17-11(18)4-5-15-12-10(13(19)20)6-9(14)7-16-12/h6-8H,3-5H2,1-2H3,(H,15,16)(H,17,18)(H,19,20). The number of halogens is 1. The molecule has 1 atom stereocenters. The van der Waals surface area contributed by atoms with Crippen molar-refractivity contribution in [2.45, 2.75) is 32.7 Å². The zero-order chi connectivity index (χ0) is 15.1. The highest BCUT2D eigenvalue weighted by Gasteiger charge is 2.13. The second-order valence-corrected chi connectivity index (χ2v) is 4.41. The van der Waals surface area contributed by atoms with E-state index in [1.807, 2.05) is 13.8 Å². The Morgan fingerprint density at radius 2 is 2.20 bits per heavy atom. The molecule has 1 unspecified atom stereocenters. The number of rotatable bonds is 7. The third kappa shape index (κ3) is 4.83. The van der Waals surface area contributed by atoms with Crippen molar-refractivity contribution in [2.75, 3.05) is 11.9 Å². The van der Waals surface area contributed by atoms with Gasteiger partial charge in [-0.25, -0.2) is 14.2 Å². The van der Waals surface area contributed by atoms with E-state index in [2.05, 4.69) is 15.6 Å². The summed E-state index contributed by atoms with van der Waals surface area (Å²) in [5.74, 6) is -2.08. The fourth-order valence-corrected chi connectivity index (χ4v) is 1.49. The van der Waals surface area contributed by atoms with Crippen LogP contribution in [0.15, 0.2) is 12.3 Å². The molecule has 20 heavy (non-hydrogen) atoms. The number of carbonyl (C=O) groups excluding carboxylic acids is 1. The third-order valence-electron chi connectivity index (χ3n) is 2.75. The first kappa shape index (κ1) is 15.9. The van der Waals surface area contributed by atoms with Crippen LogP contribution < -0.4 is 10.6 Å². The smallest absolute Gasteiger partial charge is 0.339 e. The minimum atomic E-state index is -1.27. The maximum Gasteiger partial charge on any atom is 0.339 e. The molecule has 0 bridgehead atoms. The van der Waals surface area contributed by atoms with Crippen LogP contribution >= 0.6 is 0 Å². The van der Waals surface area contributed by atoms with Crippen molar-refractivity contribution in [1.82, 2.24) is 10.3 Å². The summed E-state index contributed by atoms with van der Waals surface area (Å²) in [6, 6.07) is 0.984. The summed E-state index contributed by atoms with van der Waals surface area (Å²) in [6.07, 6.45) is 1.94. The van der Waals surface area contributed by atoms with Crippen molar-refractivity contribution in [3.8, 4) is 0 Å². The van der Waals surface area contributed by atoms with Crippen molar-refractivity contribution in [3.05, 3.63) is 23.6 Å². The molecule has 1 aromatic heterocycles. The molecule has 3 N–H and O–H groups in total. The average molecular weight is 283 g/mol. The molecule has 0 aliphatic rings. The monoisotopic (exact) mass is 283 g/mol. The summed E-state index contributed by atoms with van der Waals surface area (Å²) in [5, 5.41) is 14.4. The molecule has 0 radical (unpaired) electrons. The second-order valence-electron chi connectivity index (χ2n) is 4.41. The van der Waals surface area contributed by atoms with Crippen LogP contribution in [0.5, 0.6) is 0 Å². The minimum Gasteiger partial charge on any atom is -0.478 e. The predicted molar refractivity (Wildman–Crippen MR) is 72.2 cm³/mol. The number of anilines is 1. The lowest BCUT2D eigenvalue weighted by Gasteiger charge is -2.12. The number of carbonyl (C=O) groups is 2. The Kier molecular flexibility index (Phi) is 5.89. The zero-order valence-electron chi connectivity index (χ0n) is 11.4. The van der Waals surface area contributed by atoms with Gasteiger partial charge in [-0.3, -0.25) is 4.79 Å². The van der Waals surface area contributed by atoms with Gasteiger partial charge in [0.25, 0.3) is 0 Å². The van der Waals surface area contributed by atoms with Gasteiger partial charge in [-0.15, -0.1) is 0 Å². The van der Waals surface area contributed by atoms with E-state index in [1.165, 1.54) is 0 Å². The molecule has 0 saturated carbocycles. The lowest BCUT2D eigenvalue weighted by Crippen LogP contribution is -2.33. The molecule has 110 valence electrons. The van der Waals surface area contributed by atoms with Gasteiger partial charge in [0.2, 0.25) is 5.91 Å². The van der Waals surface area contributed by atoms with Gasteiger partial charge >= 0.3 is 5.97 Å². The number of nitrogens with one attached hydrogen (secondary N) is 2. The van der Waals surface area contributed by atoms with Crippen molar-refractivity contribution in [3.63, 3.8) is 0 Å². The van der Waals surface area contributed by atoms with Gasteiger partial charge < -0.3 is 15.7 Å². The van der Waals surface area contributed by atoms with Gasteiger partial charge in [0.15, 0.2) is 0 Å². The summed E-state index contributed by atoms with van der Waals surface area (Å²) < 4.78 is 12.9. The lowest BCUT2D eigenvalue weighted by molar-refractivity contribution is -0.121. The highest BCUT2D eigenvalue weighted by atomic mass is 19.1. The van der Waals surface area contributed by atoms with Crippen molar-refractivity contribution < 1.29 is 19.1 Å². The summed E-state index contributed by atoms with van der Waals surface area (Å²) in [4.78, 5) is 26.1. The number of carboxylic acids is 1. The quantitative estimate of drug-likeness (QED) is 0.707. The van der Waals surface area contributed by atoms with Crippen LogP contribution in [0.2, 0.25) is 0 Å². The van der Waals surface area contributed by atoms with Crippen LogP contribution in [0.4, 0.5) is 10.2 Å². The van der Waals surface area contributed by atoms with Crippen molar-refractivity contribution in [1.29, 1.82) is 0 Å². The number of hydrogen-bond donors (Lipinski definition) is 3. The van der Waals surface area contributed by atoms with E-state index in [0.717, 1.165) is 18.7 Å². The van der Waals surface area contributed by atoms with E-state index >= 15 is 0 Å². The number of carboxylic acid groups (broad SMARTS) is 1. The number of nitrogens with zero attached hydrogens (tertiary/aromatic N) is 1. The highest BCUT2D eigenvalue weighted by molar-refractivity contribution is 5.93. The average Bonchev–Trinajstić information content (AvgIpc) is 2.39. The molecular weight excluding hydrogens is 265 g/mol. The van der Waals surface area contributed by atoms with Crippen LogP contribution in [0.25, 0.3) is 0 Å². The topological polar surface area (TPSA) is 91.3 Å². The van der Waals surface area contributed by atoms with Crippen molar-refractivity contribution >= 4 is 17.7 Å². The van der Waals surface area contributed by atoms with E-state index in [0.29, 0.717) is 0 Å². The minimum absolute atomic E-state index is 0.0511. The molecule has 0 aromatic carbocycles. The molecule has 1 amide bonds. The largest absolute Gasteiger partial charge is 0.478 e. The molecule has 0 aliphatic carbocycles. The number of aromatic carboxylic acids is 1. The normalized spacial score (nSPS) is 11.8. The van der Waals surface area contributed by atoms with E-state index < -0.39 is 11.8 Å². The van der Waals surface area contributed by atoms with Gasteiger partial charge in [0, 0.05) is 19.0 Å². The molecule has 1 rings (SSSR count). The van der Waals surface area contributed by atoms with Gasteiger partial charge in [-0.1, -0.05) is 6.92 Å². The summed E-state index contributed by atoms with van der Waals surface area (Å²) in [7, 11) is 0. The van der Waals surface area contributed by atoms with E-state index in [-0.39, 0.29) is 36.3 Å². The third-order valence-corrected chi connectivity index (χ3v) is 2.75. The second kappa shape index (κ2) is 7.42. The van der Waals surface area contributed by atoms with E-state index in [4.69, 9.17) is 5.11 Å². The fraction of sp³-hybridized carbons (Fsp3) is 0.462. The van der Waals surface area contributed by atoms with Crippen LogP contribution in [0.3, 0.4) is 0 Å². The van der Waals surface area contributed by atoms with Gasteiger partial charge in [-0.05, 0) is 19.4 Å². The molecule has 0 aliphatic heterocycles. The Labute approximate surface area is 116 Å². The maximum atomic E-state index is 12.9.